The molecule has 0 radical (unpaired) electrons. The Hall–Kier alpha value is -1.71. The van der Waals surface area contributed by atoms with Gasteiger partial charge < -0.3 is 5.43 Å². The molecule has 1 aliphatic carbocycles. The molecule has 9 heteroatoms. The maximum Gasteiger partial charge on any atom is 0.294 e. The van der Waals surface area contributed by atoms with Crippen molar-refractivity contribution in [3.63, 3.8) is 0 Å². The number of nitro benzene ring substituents is 1. The largest absolute Gasteiger partial charge is 0.318 e. The quantitative estimate of drug-likeness (QED) is 0.394. The summed E-state index contributed by atoms with van der Waals surface area (Å²) in [5.41, 5.74) is 1.85. The van der Waals surface area contributed by atoms with E-state index in [9.17, 15) is 18.5 Å². The van der Waals surface area contributed by atoms with Gasteiger partial charge in [-0.3, -0.25) is 16.0 Å². The summed E-state index contributed by atoms with van der Waals surface area (Å²) in [5.74, 6) is 6.01. The standard InChI is InChI=1S/C12H18N4O4S/c1-8(9-2-3-9)7-14-21(19,20)10-4-5-11(15-13)12(6-10)16(17)18/h4-6,8-9,14-15H,2-3,7,13H2,1H3. The molecule has 1 atom stereocenters. The minimum atomic E-state index is -3.77. The third-order valence-corrected chi connectivity index (χ3v) is 5.08. The lowest BCUT2D eigenvalue weighted by molar-refractivity contribution is -0.384. The molecule has 0 heterocycles. The zero-order valence-electron chi connectivity index (χ0n) is 11.6. The third kappa shape index (κ3) is 3.69. The monoisotopic (exact) mass is 314 g/mol. The number of hydrogen-bond donors (Lipinski definition) is 3. The van der Waals surface area contributed by atoms with Crippen LogP contribution in [0.15, 0.2) is 23.1 Å². The summed E-state index contributed by atoms with van der Waals surface area (Å²) in [7, 11) is -3.77. The molecule has 1 aromatic carbocycles. The maximum absolute atomic E-state index is 12.2. The molecule has 0 spiro atoms. The fourth-order valence-electron chi connectivity index (χ4n) is 2.11. The van der Waals surface area contributed by atoms with Gasteiger partial charge in [-0.2, -0.15) is 0 Å². The molecule has 0 bridgehead atoms. The predicted octanol–water partition coefficient (Wildman–Crippen LogP) is 1.20. The van der Waals surface area contributed by atoms with Crippen LogP contribution in [-0.4, -0.2) is 19.9 Å². The Balaban J connectivity index is 2.18. The second kappa shape index (κ2) is 5.96. The molecule has 1 unspecified atom stereocenters. The van der Waals surface area contributed by atoms with Crippen LogP contribution in [-0.2, 0) is 10.0 Å². The van der Waals surface area contributed by atoms with Crippen LogP contribution in [0.5, 0.6) is 0 Å². The Bertz CT molecular complexity index is 643. The van der Waals surface area contributed by atoms with E-state index in [1.54, 1.807) is 0 Å². The first-order valence-electron chi connectivity index (χ1n) is 6.60. The number of nitrogen functional groups attached to an aromatic ring is 1. The van der Waals surface area contributed by atoms with Crippen molar-refractivity contribution in [2.45, 2.75) is 24.7 Å². The summed E-state index contributed by atoms with van der Waals surface area (Å²) in [4.78, 5) is 10.1. The second-order valence-corrected chi connectivity index (χ2v) is 7.01. The SMILES string of the molecule is CC(CNS(=O)(=O)c1ccc(NN)c([N+](=O)[O-])c1)C1CC1. The Morgan fingerprint density at radius 1 is 1.48 bits per heavy atom. The highest BCUT2D eigenvalue weighted by Gasteiger charge is 2.29. The molecule has 21 heavy (non-hydrogen) atoms. The van der Waals surface area contributed by atoms with Gasteiger partial charge in [0.25, 0.3) is 5.69 Å². The highest BCUT2D eigenvalue weighted by atomic mass is 32.2. The lowest BCUT2D eigenvalue weighted by atomic mass is 10.1. The van der Waals surface area contributed by atoms with Crippen molar-refractivity contribution in [2.24, 2.45) is 17.7 Å². The Morgan fingerprint density at radius 2 is 2.14 bits per heavy atom. The third-order valence-electron chi connectivity index (χ3n) is 3.65. The first-order valence-corrected chi connectivity index (χ1v) is 8.08. The van der Waals surface area contributed by atoms with E-state index in [-0.39, 0.29) is 22.2 Å². The van der Waals surface area contributed by atoms with Crippen molar-refractivity contribution >= 4 is 21.4 Å². The molecule has 1 aromatic rings. The van der Waals surface area contributed by atoms with Crippen molar-refractivity contribution in [3.05, 3.63) is 28.3 Å². The maximum atomic E-state index is 12.2. The fourth-order valence-corrected chi connectivity index (χ4v) is 3.27. The molecule has 0 aliphatic heterocycles. The molecule has 116 valence electrons. The average molecular weight is 314 g/mol. The van der Waals surface area contributed by atoms with Crippen LogP contribution in [0.2, 0.25) is 0 Å². The van der Waals surface area contributed by atoms with Gasteiger partial charge in [-0.1, -0.05) is 6.92 Å². The molecule has 0 amide bonds. The number of nitrogens with one attached hydrogen (secondary N) is 2. The number of sulfonamides is 1. The summed E-state index contributed by atoms with van der Waals surface area (Å²) in [6, 6.07) is 3.56. The zero-order valence-corrected chi connectivity index (χ0v) is 12.4. The van der Waals surface area contributed by atoms with Crippen LogP contribution < -0.4 is 16.0 Å². The van der Waals surface area contributed by atoms with Crippen LogP contribution in [0, 0.1) is 22.0 Å². The van der Waals surface area contributed by atoms with Gasteiger partial charge >= 0.3 is 0 Å². The summed E-state index contributed by atoms with van der Waals surface area (Å²) in [6.45, 7) is 2.32. The van der Waals surface area contributed by atoms with Crippen molar-refractivity contribution in [3.8, 4) is 0 Å². The minimum Gasteiger partial charge on any atom is -0.318 e. The predicted molar refractivity (Wildman–Crippen MR) is 78.0 cm³/mol. The molecule has 2 rings (SSSR count). The van der Waals surface area contributed by atoms with Gasteiger partial charge in [0, 0.05) is 12.6 Å². The first kappa shape index (κ1) is 15.7. The van der Waals surface area contributed by atoms with Gasteiger partial charge in [0.1, 0.15) is 5.69 Å². The second-order valence-electron chi connectivity index (χ2n) is 5.25. The number of nitro groups is 1. The van der Waals surface area contributed by atoms with E-state index in [4.69, 9.17) is 5.84 Å². The number of nitrogens with two attached hydrogens (primary N) is 1. The molecule has 0 aromatic heterocycles. The van der Waals surface area contributed by atoms with E-state index in [1.807, 2.05) is 6.92 Å². The van der Waals surface area contributed by atoms with Crippen molar-refractivity contribution in [1.82, 2.24) is 4.72 Å². The number of hydrogen-bond acceptors (Lipinski definition) is 6. The molecule has 1 aliphatic rings. The number of anilines is 1. The van der Waals surface area contributed by atoms with Crippen molar-refractivity contribution in [2.75, 3.05) is 12.0 Å². The summed E-state index contributed by atoms with van der Waals surface area (Å²) < 4.78 is 26.8. The Kier molecular flexibility index (Phi) is 4.45. The van der Waals surface area contributed by atoms with E-state index in [2.05, 4.69) is 10.1 Å². The highest BCUT2D eigenvalue weighted by Crippen LogP contribution is 2.36. The van der Waals surface area contributed by atoms with Gasteiger partial charge in [-0.15, -0.1) is 0 Å². The van der Waals surface area contributed by atoms with Crippen LogP contribution in [0.4, 0.5) is 11.4 Å². The van der Waals surface area contributed by atoms with E-state index >= 15 is 0 Å². The number of hydrazine groups is 1. The van der Waals surface area contributed by atoms with Gasteiger partial charge in [0.2, 0.25) is 10.0 Å². The fraction of sp³-hybridized carbons (Fsp3) is 0.500. The van der Waals surface area contributed by atoms with E-state index < -0.39 is 14.9 Å². The van der Waals surface area contributed by atoms with E-state index in [0.29, 0.717) is 12.5 Å². The first-order chi connectivity index (χ1) is 9.85. The number of rotatable bonds is 7. The lowest BCUT2D eigenvalue weighted by Gasteiger charge is -2.12. The molecule has 1 saturated carbocycles. The van der Waals surface area contributed by atoms with Crippen LogP contribution in [0.1, 0.15) is 19.8 Å². The van der Waals surface area contributed by atoms with Crippen LogP contribution in [0.25, 0.3) is 0 Å². The lowest BCUT2D eigenvalue weighted by Crippen LogP contribution is -2.29. The van der Waals surface area contributed by atoms with E-state index in [0.717, 1.165) is 18.9 Å². The average Bonchev–Trinajstić information content (AvgIpc) is 3.28. The van der Waals surface area contributed by atoms with Crippen LogP contribution in [0.3, 0.4) is 0 Å². The number of benzene rings is 1. The Labute approximate surface area is 122 Å². The molecular formula is C12H18N4O4S. The minimum absolute atomic E-state index is 0.0605. The zero-order chi connectivity index (χ0) is 15.6. The van der Waals surface area contributed by atoms with Gasteiger partial charge in [0.05, 0.1) is 9.82 Å². The van der Waals surface area contributed by atoms with Gasteiger partial charge in [-0.25, -0.2) is 13.1 Å². The molecular weight excluding hydrogens is 296 g/mol. The smallest absolute Gasteiger partial charge is 0.294 e. The van der Waals surface area contributed by atoms with E-state index in [1.165, 1.54) is 12.1 Å². The molecule has 8 nitrogen and oxygen atoms in total. The van der Waals surface area contributed by atoms with Gasteiger partial charge in [-0.05, 0) is 36.8 Å². The summed E-state index contributed by atoms with van der Waals surface area (Å²) >= 11 is 0. The van der Waals surface area contributed by atoms with Crippen LogP contribution >= 0.6 is 0 Å². The normalized spacial score (nSPS) is 16.5. The van der Waals surface area contributed by atoms with Gasteiger partial charge in [0.15, 0.2) is 0 Å². The topological polar surface area (TPSA) is 127 Å². The summed E-state index contributed by atoms with van der Waals surface area (Å²) in [5, 5.41) is 10.9. The highest BCUT2D eigenvalue weighted by molar-refractivity contribution is 7.89. The Morgan fingerprint density at radius 3 is 2.67 bits per heavy atom. The molecule has 0 saturated heterocycles. The molecule has 1 fully saturated rings. The molecule has 4 N–H and O–H groups in total. The summed E-state index contributed by atoms with van der Waals surface area (Å²) in [6.07, 6.45) is 2.26. The number of nitrogens with zero attached hydrogens (tertiary/aromatic N) is 1. The van der Waals surface area contributed by atoms with Crippen molar-refractivity contribution < 1.29 is 13.3 Å². The van der Waals surface area contributed by atoms with Crippen molar-refractivity contribution in [1.29, 1.82) is 0 Å².